The number of unbranched alkanes of at least 4 members (excludes halogenated alkanes) is 18. The minimum atomic E-state index is 0. The normalized spacial score (nSPS) is 11.9. The van der Waals surface area contributed by atoms with Crippen LogP contribution in [0.2, 0.25) is 0 Å². The van der Waals surface area contributed by atoms with Gasteiger partial charge >= 0.3 is 0 Å². The van der Waals surface area contributed by atoms with E-state index in [1.54, 1.807) is 5.54 Å². The van der Waals surface area contributed by atoms with Crippen molar-refractivity contribution in [3.8, 4) is 0 Å². The Kier molecular flexibility index (Phi) is 28.6. The molecule has 0 aromatic rings. The maximum atomic E-state index is 5.84. The molecule has 0 unspecified atom stereocenters. The van der Waals surface area contributed by atoms with Crippen LogP contribution in [0.25, 0.3) is 0 Å². The molecule has 0 aromatic heterocycles. The largest absolute Gasteiger partial charge is 1.00 e. The average molecular weight is 479 g/mol. The van der Waals surface area contributed by atoms with Gasteiger partial charge in [-0.2, -0.15) is 0 Å². The summed E-state index contributed by atoms with van der Waals surface area (Å²) in [4.78, 5) is 0. The number of nitrogens with zero attached hydrogens (tertiary/aromatic N) is 1. The van der Waals surface area contributed by atoms with Crippen LogP contribution in [0, 0.1) is 0 Å². The van der Waals surface area contributed by atoms with Crippen LogP contribution in [0.5, 0.6) is 0 Å². The Morgan fingerprint density at radius 2 is 0.806 bits per heavy atom. The SMILES string of the molecule is CCCCCCCCCCCC[N+](C)(CC=CCl)CCCCCCCCCCCC.[Cl-]. The third-order valence-electron chi connectivity index (χ3n) is 6.74. The van der Waals surface area contributed by atoms with E-state index in [1.807, 2.05) is 0 Å². The molecule has 0 heterocycles. The fourth-order valence-electron chi connectivity index (χ4n) is 4.55. The zero-order chi connectivity index (χ0) is 22.2. The van der Waals surface area contributed by atoms with Gasteiger partial charge in [-0.1, -0.05) is 128 Å². The van der Waals surface area contributed by atoms with Gasteiger partial charge < -0.3 is 16.9 Å². The molecule has 0 aromatic carbocycles. The number of halogens is 2. The van der Waals surface area contributed by atoms with Gasteiger partial charge in [0.25, 0.3) is 0 Å². The van der Waals surface area contributed by atoms with Crippen LogP contribution in [0.15, 0.2) is 11.6 Å². The van der Waals surface area contributed by atoms with E-state index < -0.39 is 0 Å². The zero-order valence-electron chi connectivity index (χ0n) is 21.6. The monoisotopic (exact) mass is 477 g/mol. The summed E-state index contributed by atoms with van der Waals surface area (Å²) in [5.41, 5.74) is 1.72. The van der Waals surface area contributed by atoms with E-state index in [0.29, 0.717) is 0 Å². The first-order valence-corrected chi connectivity index (χ1v) is 14.2. The Hall–Kier alpha value is 0.280. The van der Waals surface area contributed by atoms with E-state index in [-0.39, 0.29) is 12.4 Å². The number of hydrogen-bond donors (Lipinski definition) is 0. The number of quaternary nitrogens is 1. The quantitative estimate of drug-likeness (QED) is 0.103. The Bertz CT molecular complexity index is 333. The van der Waals surface area contributed by atoms with Crippen LogP contribution < -0.4 is 12.4 Å². The Morgan fingerprint density at radius 3 is 1.10 bits per heavy atom. The van der Waals surface area contributed by atoms with E-state index in [9.17, 15) is 0 Å². The molecule has 0 fully saturated rings. The summed E-state index contributed by atoms with van der Waals surface area (Å²) in [7, 11) is 2.44. The van der Waals surface area contributed by atoms with E-state index in [2.05, 4.69) is 27.0 Å². The Morgan fingerprint density at radius 1 is 0.516 bits per heavy atom. The molecule has 0 saturated carbocycles. The van der Waals surface area contributed by atoms with E-state index in [4.69, 9.17) is 11.6 Å². The van der Waals surface area contributed by atoms with Crippen molar-refractivity contribution >= 4 is 11.6 Å². The molecule has 0 spiro atoms. The minimum absolute atomic E-state index is 0. The lowest BCUT2D eigenvalue weighted by atomic mass is 10.1. The highest BCUT2D eigenvalue weighted by Gasteiger charge is 2.18. The van der Waals surface area contributed by atoms with Crippen LogP contribution in [0.3, 0.4) is 0 Å². The van der Waals surface area contributed by atoms with Crippen LogP contribution in [-0.4, -0.2) is 31.2 Å². The summed E-state index contributed by atoms with van der Waals surface area (Å²) >= 11 is 5.84. The Labute approximate surface area is 208 Å². The molecule has 0 aliphatic heterocycles. The van der Waals surface area contributed by atoms with Crippen LogP contribution in [0.1, 0.15) is 142 Å². The highest BCUT2D eigenvalue weighted by molar-refractivity contribution is 6.25. The highest BCUT2D eigenvalue weighted by Crippen LogP contribution is 2.15. The topological polar surface area (TPSA) is 0 Å². The van der Waals surface area contributed by atoms with E-state index in [0.717, 1.165) is 6.54 Å². The summed E-state index contributed by atoms with van der Waals surface area (Å²) < 4.78 is 1.18. The summed E-state index contributed by atoms with van der Waals surface area (Å²) in [5.74, 6) is 0. The molecule has 0 aliphatic carbocycles. The van der Waals surface area contributed by atoms with Crippen molar-refractivity contribution in [3.63, 3.8) is 0 Å². The summed E-state index contributed by atoms with van der Waals surface area (Å²) in [5, 5.41) is 0. The second-order valence-electron chi connectivity index (χ2n) is 9.97. The van der Waals surface area contributed by atoms with Crippen molar-refractivity contribution in [2.24, 2.45) is 0 Å². The van der Waals surface area contributed by atoms with Gasteiger partial charge in [0.15, 0.2) is 0 Å². The maximum absolute atomic E-state index is 5.84. The van der Waals surface area contributed by atoms with E-state index in [1.165, 1.54) is 146 Å². The van der Waals surface area contributed by atoms with Crippen molar-refractivity contribution < 1.29 is 16.9 Å². The molecule has 188 valence electrons. The average Bonchev–Trinajstić information content (AvgIpc) is 2.75. The standard InChI is InChI=1S/C28H57ClN.ClH/c1-4-6-8-10-12-14-16-18-20-22-26-30(3,28-24-25-29)27-23-21-19-17-15-13-11-9-7-5-2;/h24-25H,4-23,26-28H2,1-3H3;1H/q+1;/p-1. The summed E-state index contributed by atoms with van der Waals surface area (Å²) in [6.45, 7) is 8.32. The molecule has 3 heteroatoms. The fraction of sp³-hybridized carbons (Fsp3) is 0.929. The number of likely N-dealkylation sites (N-methyl/N-ethyl adjacent to an activating group) is 1. The molecule has 0 atom stereocenters. The van der Waals surface area contributed by atoms with Crippen LogP contribution >= 0.6 is 11.6 Å². The van der Waals surface area contributed by atoms with Gasteiger partial charge in [-0.25, -0.2) is 0 Å². The first-order valence-electron chi connectivity index (χ1n) is 13.8. The first kappa shape index (κ1) is 33.5. The molecule has 1 nitrogen and oxygen atoms in total. The summed E-state index contributed by atoms with van der Waals surface area (Å²) in [6.07, 6.45) is 30.6. The van der Waals surface area contributed by atoms with E-state index >= 15 is 0 Å². The second kappa shape index (κ2) is 26.5. The third-order valence-corrected chi connectivity index (χ3v) is 6.92. The number of rotatable bonds is 24. The molecular weight excluding hydrogens is 421 g/mol. The molecule has 0 bridgehead atoms. The van der Waals surface area contributed by atoms with Crippen LogP contribution in [0.4, 0.5) is 0 Å². The fourth-order valence-corrected chi connectivity index (χ4v) is 4.63. The number of hydrogen-bond acceptors (Lipinski definition) is 0. The lowest BCUT2D eigenvalue weighted by molar-refractivity contribution is -0.904. The summed E-state index contributed by atoms with van der Waals surface area (Å²) in [6, 6.07) is 0. The predicted octanol–water partition coefficient (Wildman–Crippen LogP) is 7.03. The molecule has 0 amide bonds. The van der Waals surface area contributed by atoms with Crippen molar-refractivity contribution in [3.05, 3.63) is 11.6 Å². The lowest BCUT2D eigenvalue weighted by Crippen LogP contribution is -3.00. The van der Waals surface area contributed by atoms with Gasteiger partial charge in [0.05, 0.1) is 26.7 Å². The van der Waals surface area contributed by atoms with Gasteiger partial charge in [-0.15, -0.1) is 0 Å². The van der Waals surface area contributed by atoms with Crippen molar-refractivity contribution in [1.82, 2.24) is 0 Å². The lowest BCUT2D eigenvalue weighted by Gasteiger charge is -2.34. The Balaban J connectivity index is 0. The molecule has 0 radical (unpaired) electrons. The first-order chi connectivity index (χ1) is 14.7. The smallest absolute Gasteiger partial charge is 0.0983 e. The van der Waals surface area contributed by atoms with Gasteiger partial charge in [0.2, 0.25) is 0 Å². The predicted molar refractivity (Wildman–Crippen MR) is 139 cm³/mol. The molecule has 0 saturated heterocycles. The molecular formula is C28H57Cl2N. The zero-order valence-corrected chi connectivity index (χ0v) is 23.1. The van der Waals surface area contributed by atoms with Gasteiger partial charge in [-0.05, 0) is 31.8 Å². The molecule has 31 heavy (non-hydrogen) atoms. The van der Waals surface area contributed by atoms with Gasteiger partial charge in [0.1, 0.15) is 0 Å². The van der Waals surface area contributed by atoms with Gasteiger partial charge in [-0.3, -0.25) is 0 Å². The van der Waals surface area contributed by atoms with Crippen molar-refractivity contribution in [2.75, 3.05) is 26.7 Å². The minimum Gasteiger partial charge on any atom is -1.00 e. The van der Waals surface area contributed by atoms with Crippen molar-refractivity contribution in [1.29, 1.82) is 0 Å². The molecule has 0 rings (SSSR count). The second-order valence-corrected chi connectivity index (χ2v) is 10.2. The molecule has 0 N–H and O–H groups in total. The third kappa shape index (κ3) is 24.8. The highest BCUT2D eigenvalue weighted by atomic mass is 35.5. The van der Waals surface area contributed by atoms with Crippen molar-refractivity contribution in [2.45, 2.75) is 142 Å². The molecule has 0 aliphatic rings. The van der Waals surface area contributed by atoms with Gasteiger partial charge in [0, 0.05) is 5.54 Å². The van der Waals surface area contributed by atoms with Crippen LogP contribution in [-0.2, 0) is 0 Å². The maximum Gasteiger partial charge on any atom is 0.0983 e.